The molecule has 0 spiro atoms. The zero-order chi connectivity index (χ0) is 21.6. The number of pyridine rings is 1. The number of rotatable bonds is 4. The molecule has 0 aliphatic carbocycles. The van der Waals surface area contributed by atoms with Gasteiger partial charge < -0.3 is 9.88 Å². The molecule has 0 atom stereocenters. The van der Waals surface area contributed by atoms with Crippen LogP contribution in [0.1, 0.15) is 30.5 Å². The average molecular weight is 446 g/mol. The van der Waals surface area contributed by atoms with Crippen LogP contribution in [0, 0.1) is 12.8 Å². The zero-order valence-electron chi connectivity index (χ0n) is 17.0. The third kappa shape index (κ3) is 3.70. The molecule has 0 amide bonds. The van der Waals surface area contributed by atoms with E-state index in [0.717, 1.165) is 32.4 Å². The van der Waals surface area contributed by atoms with Crippen molar-refractivity contribution in [2.45, 2.75) is 38.9 Å². The number of halogens is 3. The zero-order valence-corrected chi connectivity index (χ0v) is 17.9. The number of piperidine rings is 1. The van der Waals surface area contributed by atoms with E-state index >= 15 is 0 Å². The van der Waals surface area contributed by atoms with Crippen molar-refractivity contribution in [3.8, 4) is 10.8 Å². The van der Waals surface area contributed by atoms with Crippen molar-refractivity contribution in [2.75, 3.05) is 13.1 Å². The van der Waals surface area contributed by atoms with Gasteiger partial charge in [-0.2, -0.15) is 13.2 Å². The molecule has 5 nitrogen and oxygen atoms in total. The average Bonchev–Trinajstić information content (AvgIpc) is 3.40. The third-order valence-corrected chi connectivity index (χ3v) is 6.79. The molecule has 4 heterocycles. The normalized spacial score (nSPS) is 15.9. The molecular weight excluding hydrogens is 423 g/mol. The monoisotopic (exact) mass is 445 g/mol. The third-order valence-electron chi connectivity index (χ3n) is 6.02. The Morgan fingerprint density at radius 3 is 2.68 bits per heavy atom. The van der Waals surface area contributed by atoms with Gasteiger partial charge in [0.1, 0.15) is 5.52 Å². The van der Waals surface area contributed by atoms with Crippen LogP contribution in [0.5, 0.6) is 0 Å². The second kappa shape index (κ2) is 7.87. The summed E-state index contributed by atoms with van der Waals surface area (Å²) in [6, 6.07) is 5.49. The van der Waals surface area contributed by atoms with E-state index in [1.165, 1.54) is 11.3 Å². The molecule has 1 fully saturated rings. The standard InChI is InChI=1S/C22H22F3N5S/c1-13-3-2-4-15-16(13)28-19(22(23,24)25)17-18(15)30(11-7-14-5-8-26-9-6-14)20(29-17)21-27-10-12-31-21/h2-4,10,12,14,26H,5-9,11H2,1H3. The number of nitrogens with zero attached hydrogens (tertiary/aromatic N) is 4. The lowest BCUT2D eigenvalue weighted by atomic mass is 9.94. The molecular formula is C22H22F3N5S. The Labute approximate surface area is 181 Å². The van der Waals surface area contributed by atoms with Crippen LogP contribution in [0.4, 0.5) is 13.2 Å². The summed E-state index contributed by atoms with van der Waals surface area (Å²) >= 11 is 1.38. The molecule has 0 bridgehead atoms. The van der Waals surface area contributed by atoms with Gasteiger partial charge in [0.2, 0.25) is 0 Å². The predicted octanol–water partition coefficient (Wildman–Crippen LogP) is 5.42. The number of imidazole rings is 1. The van der Waals surface area contributed by atoms with E-state index in [4.69, 9.17) is 0 Å². The molecule has 0 unspecified atom stereocenters. The first kappa shape index (κ1) is 20.4. The van der Waals surface area contributed by atoms with Gasteiger partial charge in [-0.1, -0.05) is 18.2 Å². The number of benzene rings is 1. The maximum Gasteiger partial charge on any atom is 0.435 e. The molecule has 0 radical (unpaired) electrons. The van der Waals surface area contributed by atoms with Crippen molar-refractivity contribution >= 4 is 33.3 Å². The fourth-order valence-electron chi connectivity index (χ4n) is 4.45. The summed E-state index contributed by atoms with van der Waals surface area (Å²) in [5.74, 6) is 1.03. The molecule has 0 saturated carbocycles. The lowest BCUT2D eigenvalue weighted by Gasteiger charge is -2.23. The van der Waals surface area contributed by atoms with Crippen molar-refractivity contribution in [3.63, 3.8) is 0 Å². The fraction of sp³-hybridized carbons (Fsp3) is 0.409. The number of aryl methyl sites for hydroxylation is 2. The second-order valence-electron chi connectivity index (χ2n) is 8.03. The molecule has 3 aromatic heterocycles. The van der Waals surface area contributed by atoms with Crippen LogP contribution in [-0.4, -0.2) is 32.6 Å². The first-order valence-corrected chi connectivity index (χ1v) is 11.3. The largest absolute Gasteiger partial charge is 0.435 e. The molecule has 1 aliphatic heterocycles. The fourth-order valence-corrected chi connectivity index (χ4v) is 5.08. The van der Waals surface area contributed by atoms with E-state index < -0.39 is 11.9 Å². The van der Waals surface area contributed by atoms with Gasteiger partial charge in [-0.25, -0.2) is 15.0 Å². The van der Waals surface area contributed by atoms with E-state index in [-0.39, 0.29) is 5.52 Å². The highest BCUT2D eigenvalue weighted by molar-refractivity contribution is 7.13. The Morgan fingerprint density at radius 2 is 1.97 bits per heavy atom. The maximum absolute atomic E-state index is 14.0. The van der Waals surface area contributed by atoms with Gasteiger partial charge in [0.05, 0.1) is 11.0 Å². The van der Waals surface area contributed by atoms with E-state index in [2.05, 4.69) is 20.3 Å². The van der Waals surface area contributed by atoms with E-state index in [1.54, 1.807) is 19.2 Å². The van der Waals surface area contributed by atoms with E-state index in [0.29, 0.717) is 45.3 Å². The molecule has 1 saturated heterocycles. The molecule has 4 aromatic rings. The smallest absolute Gasteiger partial charge is 0.321 e. The predicted molar refractivity (Wildman–Crippen MR) is 116 cm³/mol. The van der Waals surface area contributed by atoms with Crippen molar-refractivity contribution in [1.29, 1.82) is 0 Å². The summed E-state index contributed by atoms with van der Waals surface area (Å²) in [5, 5.41) is 6.50. The van der Waals surface area contributed by atoms with Crippen LogP contribution >= 0.6 is 11.3 Å². The summed E-state index contributed by atoms with van der Waals surface area (Å²) in [5.41, 5.74) is 0.562. The van der Waals surface area contributed by atoms with E-state index in [9.17, 15) is 13.2 Å². The molecule has 31 heavy (non-hydrogen) atoms. The Kier molecular flexibility index (Phi) is 5.18. The number of aromatic nitrogens is 4. The number of hydrogen-bond acceptors (Lipinski definition) is 5. The molecule has 1 aromatic carbocycles. The minimum Gasteiger partial charge on any atom is -0.321 e. The molecule has 5 rings (SSSR count). The van der Waals surface area contributed by atoms with Gasteiger partial charge in [0, 0.05) is 23.5 Å². The van der Waals surface area contributed by atoms with Crippen LogP contribution in [0.25, 0.3) is 32.8 Å². The van der Waals surface area contributed by atoms with Gasteiger partial charge in [0.25, 0.3) is 0 Å². The van der Waals surface area contributed by atoms with Crippen LogP contribution in [0.2, 0.25) is 0 Å². The van der Waals surface area contributed by atoms with Gasteiger partial charge in [0.15, 0.2) is 16.5 Å². The molecule has 9 heteroatoms. The quantitative estimate of drug-likeness (QED) is 0.455. The molecule has 1 N–H and O–H groups in total. The maximum atomic E-state index is 14.0. The lowest BCUT2D eigenvalue weighted by molar-refractivity contribution is -0.139. The summed E-state index contributed by atoms with van der Waals surface area (Å²) in [7, 11) is 0. The summed E-state index contributed by atoms with van der Waals surface area (Å²) in [6.45, 7) is 4.36. The number of fused-ring (bicyclic) bond motifs is 3. The number of hydrogen-bond donors (Lipinski definition) is 1. The lowest BCUT2D eigenvalue weighted by Crippen LogP contribution is -2.28. The highest BCUT2D eigenvalue weighted by atomic mass is 32.1. The minimum atomic E-state index is -4.59. The number of thiazole rings is 1. The number of alkyl halides is 3. The molecule has 1 aliphatic rings. The van der Waals surface area contributed by atoms with Gasteiger partial charge in [-0.15, -0.1) is 11.3 Å². The van der Waals surface area contributed by atoms with Crippen LogP contribution in [-0.2, 0) is 12.7 Å². The van der Waals surface area contributed by atoms with Crippen molar-refractivity contribution in [1.82, 2.24) is 24.8 Å². The Bertz CT molecular complexity index is 1220. The van der Waals surface area contributed by atoms with Gasteiger partial charge in [-0.05, 0) is 50.8 Å². The molecule has 162 valence electrons. The second-order valence-corrected chi connectivity index (χ2v) is 8.93. The minimum absolute atomic E-state index is 0.0962. The van der Waals surface area contributed by atoms with Crippen LogP contribution in [0.3, 0.4) is 0 Å². The van der Waals surface area contributed by atoms with Gasteiger partial charge in [-0.3, -0.25) is 0 Å². The van der Waals surface area contributed by atoms with Crippen molar-refractivity contribution in [3.05, 3.63) is 41.0 Å². The van der Waals surface area contributed by atoms with Gasteiger partial charge >= 0.3 is 6.18 Å². The highest BCUT2D eigenvalue weighted by Gasteiger charge is 2.38. The Hall–Kier alpha value is -2.52. The highest BCUT2D eigenvalue weighted by Crippen LogP contribution is 2.39. The van der Waals surface area contributed by atoms with E-state index in [1.807, 2.05) is 22.1 Å². The number of nitrogens with one attached hydrogen (secondary N) is 1. The summed E-state index contributed by atoms with van der Waals surface area (Å²) < 4.78 is 44.0. The summed E-state index contributed by atoms with van der Waals surface area (Å²) in [6.07, 6.45) is 0.107. The number of para-hydroxylation sites is 1. The summed E-state index contributed by atoms with van der Waals surface area (Å²) in [4.78, 5) is 12.9. The van der Waals surface area contributed by atoms with Crippen molar-refractivity contribution in [2.24, 2.45) is 5.92 Å². The topological polar surface area (TPSA) is 55.6 Å². The van der Waals surface area contributed by atoms with Crippen molar-refractivity contribution < 1.29 is 13.2 Å². The van der Waals surface area contributed by atoms with Crippen LogP contribution < -0.4 is 5.32 Å². The van der Waals surface area contributed by atoms with Crippen LogP contribution in [0.15, 0.2) is 29.8 Å². The Morgan fingerprint density at radius 1 is 1.16 bits per heavy atom. The Balaban J connectivity index is 1.77. The first-order chi connectivity index (χ1) is 14.9. The first-order valence-electron chi connectivity index (χ1n) is 10.4. The SMILES string of the molecule is Cc1cccc2c1nc(C(F)(F)F)c1nc(-c3nccs3)n(CCC3CCNCC3)c12.